The van der Waals surface area contributed by atoms with E-state index in [0.717, 1.165) is 22.4 Å². The van der Waals surface area contributed by atoms with Gasteiger partial charge in [0, 0.05) is 24.1 Å². The highest BCUT2D eigenvalue weighted by Crippen LogP contribution is 2.17. The third-order valence-corrected chi connectivity index (χ3v) is 3.62. The first-order valence-electron chi connectivity index (χ1n) is 7.42. The van der Waals surface area contributed by atoms with Gasteiger partial charge < -0.3 is 5.32 Å². The van der Waals surface area contributed by atoms with Crippen LogP contribution in [-0.4, -0.2) is 11.7 Å². The largest absolute Gasteiger partial charge is 0.326 e. The summed E-state index contributed by atoms with van der Waals surface area (Å²) < 4.78 is 0. The zero-order chi connectivity index (χ0) is 16.1. The Hall–Kier alpha value is -2.42. The second-order valence-corrected chi connectivity index (χ2v) is 5.66. The van der Waals surface area contributed by atoms with Crippen LogP contribution in [0.3, 0.4) is 0 Å². The summed E-state index contributed by atoms with van der Waals surface area (Å²) in [5.74, 6) is -0.134. The van der Waals surface area contributed by atoms with E-state index in [4.69, 9.17) is 0 Å². The van der Waals surface area contributed by atoms with E-state index in [2.05, 4.69) is 5.32 Å². The lowest BCUT2D eigenvalue weighted by Gasteiger charge is -2.09. The summed E-state index contributed by atoms with van der Waals surface area (Å²) in [6.07, 6.45) is 0.417. The molecule has 0 spiro atoms. The fourth-order valence-corrected chi connectivity index (χ4v) is 2.19. The average molecular weight is 295 g/mol. The second kappa shape index (κ2) is 7.03. The van der Waals surface area contributed by atoms with E-state index in [1.165, 1.54) is 0 Å². The van der Waals surface area contributed by atoms with Crippen molar-refractivity contribution in [1.29, 1.82) is 0 Å². The molecule has 0 aliphatic heterocycles. The Balaban J connectivity index is 1.91. The fourth-order valence-electron chi connectivity index (χ4n) is 2.19. The molecule has 3 nitrogen and oxygen atoms in total. The van der Waals surface area contributed by atoms with Crippen molar-refractivity contribution in [3.63, 3.8) is 0 Å². The highest BCUT2D eigenvalue weighted by atomic mass is 16.2. The normalized spacial score (nSPS) is 10.3. The second-order valence-electron chi connectivity index (χ2n) is 5.66. The molecule has 22 heavy (non-hydrogen) atoms. The molecule has 2 rings (SSSR count). The minimum absolute atomic E-state index is 0.00360. The van der Waals surface area contributed by atoms with E-state index in [1.54, 1.807) is 12.1 Å². The number of nitrogens with one attached hydrogen (secondary N) is 1. The van der Waals surface area contributed by atoms with Crippen LogP contribution in [0.15, 0.2) is 42.5 Å². The molecular weight excluding hydrogens is 274 g/mol. The summed E-state index contributed by atoms with van der Waals surface area (Å²) in [7, 11) is 0. The van der Waals surface area contributed by atoms with Gasteiger partial charge in [-0.2, -0.15) is 0 Å². The molecule has 0 radical (unpaired) electrons. The minimum Gasteiger partial charge on any atom is -0.326 e. The molecule has 2 aromatic carbocycles. The summed E-state index contributed by atoms with van der Waals surface area (Å²) in [5, 5.41) is 2.88. The van der Waals surface area contributed by atoms with Crippen molar-refractivity contribution >= 4 is 17.4 Å². The molecule has 114 valence electrons. The molecule has 0 bridgehead atoms. The molecule has 0 fully saturated rings. The van der Waals surface area contributed by atoms with Crippen LogP contribution in [0.4, 0.5) is 5.69 Å². The summed E-state index contributed by atoms with van der Waals surface area (Å²) in [6.45, 7) is 5.91. The number of ketones is 1. The van der Waals surface area contributed by atoms with E-state index in [-0.39, 0.29) is 24.5 Å². The lowest BCUT2D eigenvalue weighted by atomic mass is 10.0. The van der Waals surface area contributed by atoms with Crippen molar-refractivity contribution in [1.82, 2.24) is 0 Å². The molecule has 1 N–H and O–H groups in total. The predicted octanol–water partition coefficient (Wildman–Crippen LogP) is 4.21. The number of rotatable bonds is 5. The summed E-state index contributed by atoms with van der Waals surface area (Å²) in [5.41, 5.74) is 4.70. The van der Waals surface area contributed by atoms with Gasteiger partial charge in [-0.15, -0.1) is 0 Å². The van der Waals surface area contributed by atoms with Crippen molar-refractivity contribution in [2.45, 2.75) is 33.6 Å². The van der Waals surface area contributed by atoms with Gasteiger partial charge in [0.15, 0.2) is 5.78 Å². The fraction of sp³-hybridized carbons (Fsp3) is 0.263. The van der Waals surface area contributed by atoms with Crippen LogP contribution < -0.4 is 5.32 Å². The Bertz CT molecular complexity index is 687. The zero-order valence-corrected chi connectivity index (χ0v) is 13.3. The Kier molecular flexibility index (Phi) is 5.10. The molecule has 0 saturated heterocycles. The van der Waals surface area contributed by atoms with Crippen LogP contribution in [0.1, 0.15) is 39.9 Å². The van der Waals surface area contributed by atoms with Gasteiger partial charge in [0.1, 0.15) is 0 Å². The predicted molar refractivity (Wildman–Crippen MR) is 89.3 cm³/mol. The third-order valence-electron chi connectivity index (χ3n) is 3.62. The highest BCUT2D eigenvalue weighted by molar-refractivity contribution is 6.00. The van der Waals surface area contributed by atoms with E-state index in [0.29, 0.717) is 5.56 Å². The number of anilines is 1. The molecule has 0 aromatic heterocycles. The molecular formula is C19H21NO2. The van der Waals surface area contributed by atoms with Crippen LogP contribution in [0.2, 0.25) is 0 Å². The van der Waals surface area contributed by atoms with Crippen molar-refractivity contribution < 1.29 is 9.59 Å². The summed E-state index contributed by atoms with van der Waals surface area (Å²) >= 11 is 0. The molecule has 0 saturated carbocycles. The topological polar surface area (TPSA) is 46.2 Å². The number of hydrogen-bond donors (Lipinski definition) is 1. The van der Waals surface area contributed by atoms with Gasteiger partial charge in [-0.25, -0.2) is 0 Å². The van der Waals surface area contributed by atoms with Crippen LogP contribution in [-0.2, 0) is 4.79 Å². The van der Waals surface area contributed by atoms with Crippen molar-refractivity contribution in [3.8, 4) is 0 Å². The van der Waals surface area contributed by atoms with Gasteiger partial charge in [0.25, 0.3) is 0 Å². The number of benzene rings is 2. The minimum atomic E-state index is -0.130. The maximum absolute atomic E-state index is 12.1. The lowest BCUT2D eigenvalue weighted by molar-refractivity contribution is -0.116. The first-order chi connectivity index (χ1) is 10.5. The SMILES string of the molecule is Cc1ccc(C(=O)CCC(=O)Nc2cc(C)ccc2C)cc1. The van der Waals surface area contributed by atoms with Crippen LogP contribution in [0, 0.1) is 20.8 Å². The zero-order valence-electron chi connectivity index (χ0n) is 13.3. The molecule has 0 heterocycles. The first-order valence-corrected chi connectivity index (χ1v) is 7.42. The molecule has 0 aliphatic carbocycles. The van der Waals surface area contributed by atoms with Gasteiger partial charge >= 0.3 is 0 Å². The van der Waals surface area contributed by atoms with Crippen molar-refractivity contribution in [2.24, 2.45) is 0 Å². The maximum atomic E-state index is 12.1. The Morgan fingerprint density at radius 1 is 0.864 bits per heavy atom. The van der Waals surface area contributed by atoms with Crippen LogP contribution >= 0.6 is 0 Å². The Morgan fingerprint density at radius 2 is 1.50 bits per heavy atom. The Morgan fingerprint density at radius 3 is 2.18 bits per heavy atom. The van der Waals surface area contributed by atoms with Gasteiger partial charge in [0.05, 0.1) is 0 Å². The molecule has 0 atom stereocenters. The van der Waals surface area contributed by atoms with Gasteiger partial charge in [0.2, 0.25) is 5.91 Å². The van der Waals surface area contributed by atoms with E-state index in [9.17, 15) is 9.59 Å². The summed E-state index contributed by atoms with van der Waals surface area (Å²) in [6, 6.07) is 13.3. The average Bonchev–Trinajstić information content (AvgIpc) is 2.49. The number of carbonyl (C=O) groups is 2. The summed E-state index contributed by atoms with van der Waals surface area (Å²) in [4.78, 5) is 24.1. The standard InChI is InChI=1S/C19H21NO2/c1-13-5-8-16(9-6-13)18(21)10-11-19(22)20-17-12-14(2)4-7-15(17)3/h4-9,12H,10-11H2,1-3H3,(H,20,22). The maximum Gasteiger partial charge on any atom is 0.224 e. The number of aryl methyl sites for hydroxylation is 3. The monoisotopic (exact) mass is 295 g/mol. The van der Waals surface area contributed by atoms with Crippen molar-refractivity contribution in [3.05, 3.63) is 64.7 Å². The molecule has 3 heteroatoms. The molecule has 1 amide bonds. The smallest absolute Gasteiger partial charge is 0.224 e. The molecule has 0 unspecified atom stereocenters. The van der Waals surface area contributed by atoms with E-state index >= 15 is 0 Å². The van der Waals surface area contributed by atoms with Gasteiger partial charge in [-0.05, 0) is 38.0 Å². The van der Waals surface area contributed by atoms with Gasteiger partial charge in [-0.3, -0.25) is 9.59 Å². The first kappa shape index (κ1) is 16.0. The number of amides is 1. The highest BCUT2D eigenvalue weighted by Gasteiger charge is 2.10. The third kappa shape index (κ3) is 4.29. The van der Waals surface area contributed by atoms with Crippen molar-refractivity contribution in [2.75, 3.05) is 5.32 Å². The van der Waals surface area contributed by atoms with E-state index < -0.39 is 0 Å². The van der Waals surface area contributed by atoms with E-state index in [1.807, 2.05) is 51.1 Å². The van der Waals surface area contributed by atoms with Crippen LogP contribution in [0.5, 0.6) is 0 Å². The molecule has 2 aromatic rings. The lowest BCUT2D eigenvalue weighted by Crippen LogP contribution is -2.14. The quantitative estimate of drug-likeness (QED) is 0.840. The number of carbonyl (C=O) groups excluding carboxylic acids is 2. The molecule has 0 aliphatic rings. The van der Waals surface area contributed by atoms with Gasteiger partial charge in [-0.1, -0.05) is 42.0 Å². The van der Waals surface area contributed by atoms with Crippen LogP contribution in [0.25, 0.3) is 0 Å². The number of Topliss-reactive ketones (excluding diaryl/α,β-unsaturated/α-hetero) is 1. The Labute approximate surface area is 131 Å². The number of hydrogen-bond acceptors (Lipinski definition) is 2.